The van der Waals surface area contributed by atoms with E-state index < -0.39 is 26.2 Å². The van der Waals surface area contributed by atoms with E-state index in [1.54, 1.807) is 18.4 Å². The lowest BCUT2D eigenvalue weighted by atomic mass is 10.2. The van der Waals surface area contributed by atoms with Crippen molar-refractivity contribution in [2.45, 2.75) is 77.6 Å². The average Bonchev–Trinajstić information content (AvgIpc) is 3.24. The lowest BCUT2D eigenvalue weighted by Gasteiger charge is -2.39. The van der Waals surface area contributed by atoms with E-state index in [0.29, 0.717) is 12.1 Å². The third-order valence-corrected chi connectivity index (χ3v) is 10.6. The number of rotatable bonds is 6. The third kappa shape index (κ3) is 4.74. The minimum absolute atomic E-state index is 0.0190. The van der Waals surface area contributed by atoms with Crippen LogP contribution in [0.5, 0.6) is 0 Å². The fourth-order valence-corrected chi connectivity index (χ4v) is 4.53. The molecule has 1 fully saturated rings. The van der Waals surface area contributed by atoms with Crippen molar-refractivity contribution in [2.75, 3.05) is 11.9 Å². The first-order valence-electron chi connectivity index (χ1n) is 10.6. The topological polar surface area (TPSA) is 131 Å². The Labute approximate surface area is 182 Å². The van der Waals surface area contributed by atoms with Gasteiger partial charge in [0.15, 0.2) is 19.5 Å². The minimum atomic E-state index is -2.08. The zero-order valence-corrected chi connectivity index (χ0v) is 20.2. The molecule has 3 N–H and O–H groups in total. The van der Waals surface area contributed by atoms with E-state index in [1.807, 2.05) is 0 Å². The number of ether oxygens (including phenoxy) is 1. The molecule has 1 aliphatic heterocycles. The highest BCUT2D eigenvalue weighted by Crippen LogP contribution is 2.41. The molecular formula is C20H33N5O5Si. The molecule has 10 nitrogen and oxygen atoms in total. The Balaban J connectivity index is 1.90. The molecule has 3 atom stereocenters. The van der Waals surface area contributed by atoms with Gasteiger partial charge in [-0.15, -0.1) is 0 Å². The van der Waals surface area contributed by atoms with Crippen LogP contribution in [-0.4, -0.2) is 57.7 Å². The lowest BCUT2D eigenvalue weighted by molar-refractivity contribution is -0.118. The normalized spacial score (nSPS) is 22.4. The van der Waals surface area contributed by atoms with Crippen molar-refractivity contribution < 1.29 is 19.1 Å². The Morgan fingerprint density at radius 1 is 1.45 bits per heavy atom. The van der Waals surface area contributed by atoms with Crippen molar-refractivity contribution in [3.05, 3.63) is 16.7 Å². The molecule has 0 spiro atoms. The summed E-state index contributed by atoms with van der Waals surface area (Å²) in [5.41, 5.74) is 0.00603. The first kappa shape index (κ1) is 23.6. The van der Waals surface area contributed by atoms with Crippen molar-refractivity contribution in [3.8, 4) is 0 Å². The van der Waals surface area contributed by atoms with Gasteiger partial charge in [-0.05, 0) is 18.1 Å². The number of aromatic amines is 1. The summed E-state index contributed by atoms with van der Waals surface area (Å²) >= 11 is 0. The van der Waals surface area contributed by atoms with E-state index in [9.17, 15) is 14.7 Å². The zero-order valence-electron chi connectivity index (χ0n) is 19.2. The number of imidazole rings is 1. The van der Waals surface area contributed by atoms with Crippen LogP contribution in [0, 0.1) is 5.92 Å². The van der Waals surface area contributed by atoms with E-state index in [2.05, 4.69) is 54.1 Å². The number of aromatic nitrogens is 4. The van der Waals surface area contributed by atoms with Gasteiger partial charge >= 0.3 is 0 Å². The van der Waals surface area contributed by atoms with Gasteiger partial charge in [-0.1, -0.05) is 34.6 Å². The van der Waals surface area contributed by atoms with Gasteiger partial charge in [-0.2, -0.15) is 4.98 Å². The molecule has 0 bridgehead atoms. The maximum atomic E-state index is 12.4. The molecule has 0 aliphatic carbocycles. The maximum absolute atomic E-state index is 12.4. The number of aliphatic hydroxyl groups is 1. The highest BCUT2D eigenvalue weighted by Gasteiger charge is 2.45. The van der Waals surface area contributed by atoms with Gasteiger partial charge in [-0.25, -0.2) is 4.98 Å². The van der Waals surface area contributed by atoms with E-state index in [1.165, 1.54) is 6.33 Å². The monoisotopic (exact) mass is 451 g/mol. The second-order valence-electron chi connectivity index (χ2n) is 9.85. The number of carbonyl (C=O) groups excluding carboxylic acids is 1. The van der Waals surface area contributed by atoms with Crippen LogP contribution in [0.2, 0.25) is 18.1 Å². The summed E-state index contributed by atoms with van der Waals surface area (Å²) in [6.07, 6.45) is 0.717. The fraction of sp³-hybridized carbons (Fsp3) is 0.700. The van der Waals surface area contributed by atoms with Gasteiger partial charge in [0, 0.05) is 12.3 Å². The molecule has 0 saturated carbocycles. The largest absolute Gasteiger partial charge is 0.411 e. The standard InChI is InChI=1S/C20H33N5O5Si/c1-11(2)17(27)23-19-22-16-15(18(28)24-19)21-10-25(16)14-8-12(13(9-26)29-14)30-31(6,7)20(3,4)5/h10-14,26H,8-9H2,1-7H3,(H2,22,23,24,27,28)/t12-,13-,14-/m1/s1. The van der Waals surface area contributed by atoms with Gasteiger partial charge in [0.1, 0.15) is 12.3 Å². The van der Waals surface area contributed by atoms with Crippen LogP contribution in [0.4, 0.5) is 5.95 Å². The number of hydrogen-bond acceptors (Lipinski definition) is 7. The van der Waals surface area contributed by atoms with Crippen molar-refractivity contribution in [2.24, 2.45) is 5.92 Å². The first-order valence-corrected chi connectivity index (χ1v) is 13.5. The molecule has 2 aromatic rings. The van der Waals surface area contributed by atoms with Gasteiger partial charge in [-0.3, -0.25) is 24.5 Å². The summed E-state index contributed by atoms with van der Waals surface area (Å²) in [5, 5.41) is 12.5. The number of carbonyl (C=O) groups is 1. The molecule has 1 saturated heterocycles. The molecule has 0 aromatic carbocycles. The van der Waals surface area contributed by atoms with E-state index in [-0.39, 0.29) is 41.0 Å². The Hall–Kier alpha value is -2.08. The lowest BCUT2D eigenvalue weighted by Crippen LogP contribution is -2.46. The van der Waals surface area contributed by atoms with Crippen LogP contribution in [0.3, 0.4) is 0 Å². The van der Waals surface area contributed by atoms with E-state index in [4.69, 9.17) is 9.16 Å². The average molecular weight is 452 g/mol. The molecule has 1 aliphatic rings. The number of H-pyrrole nitrogens is 1. The number of anilines is 1. The molecule has 2 aromatic heterocycles. The van der Waals surface area contributed by atoms with Crippen LogP contribution in [0.25, 0.3) is 11.2 Å². The van der Waals surface area contributed by atoms with Crippen molar-refractivity contribution >= 4 is 31.3 Å². The van der Waals surface area contributed by atoms with Gasteiger partial charge in [0.2, 0.25) is 11.9 Å². The van der Waals surface area contributed by atoms with Crippen molar-refractivity contribution in [1.82, 2.24) is 19.5 Å². The van der Waals surface area contributed by atoms with E-state index in [0.717, 1.165) is 0 Å². The first-order chi connectivity index (χ1) is 14.3. The van der Waals surface area contributed by atoms with Crippen molar-refractivity contribution in [3.63, 3.8) is 0 Å². The summed E-state index contributed by atoms with van der Waals surface area (Å²) in [5.74, 6) is -0.458. The molecular weight excluding hydrogens is 418 g/mol. The fourth-order valence-electron chi connectivity index (χ4n) is 3.17. The van der Waals surface area contributed by atoms with Crippen molar-refractivity contribution in [1.29, 1.82) is 0 Å². The van der Waals surface area contributed by atoms with Gasteiger partial charge in [0.05, 0.1) is 19.0 Å². The molecule has 0 radical (unpaired) electrons. The predicted molar refractivity (Wildman–Crippen MR) is 119 cm³/mol. The Kier molecular flexibility index (Phi) is 6.43. The Morgan fingerprint density at radius 3 is 2.71 bits per heavy atom. The van der Waals surface area contributed by atoms with Crippen LogP contribution >= 0.6 is 0 Å². The number of nitrogens with one attached hydrogen (secondary N) is 2. The molecule has 11 heteroatoms. The summed E-state index contributed by atoms with van der Waals surface area (Å²) < 4.78 is 14.2. The highest BCUT2D eigenvalue weighted by atomic mass is 28.4. The Morgan fingerprint density at radius 2 is 2.13 bits per heavy atom. The molecule has 0 unspecified atom stereocenters. The summed E-state index contributed by atoms with van der Waals surface area (Å²) in [6.45, 7) is 14.1. The van der Waals surface area contributed by atoms with Gasteiger partial charge in [0.25, 0.3) is 5.56 Å². The molecule has 31 heavy (non-hydrogen) atoms. The maximum Gasteiger partial charge on any atom is 0.280 e. The zero-order chi connectivity index (χ0) is 23.1. The third-order valence-electron chi connectivity index (χ3n) is 6.12. The van der Waals surface area contributed by atoms with Gasteiger partial charge < -0.3 is 14.3 Å². The number of aliphatic hydroxyl groups excluding tert-OH is 1. The molecule has 3 heterocycles. The summed E-state index contributed by atoms with van der Waals surface area (Å²) in [6, 6.07) is 0. The molecule has 3 rings (SSSR count). The quantitative estimate of drug-likeness (QED) is 0.575. The number of hydrogen-bond donors (Lipinski definition) is 3. The molecule has 172 valence electrons. The number of amides is 1. The van der Waals surface area contributed by atoms with Crippen LogP contribution < -0.4 is 10.9 Å². The predicted octanol–water partition coefficient (Wildman–Crippen LogP) is 2.38. The second-order valence-corrected chi connectivity index (χ2v) is 14.6. The number of fused-ring (bicyclic) bond motifs is 1. The SMILES string of the molecule is CC(C)C(=O)Nc1nc2c(ncn2[C@H]2C[C@@H](O[Si](C)(C)C(C)(C)C)[C@@H](CO)O2)c(=O)[nH]1. The van der Waals surface area contributed by atoms with Crippen LogP contribution in [0.15, 0.2) is 11.1 Å². The smallest absolute Gasteiger partial charge is 0.280 e. The summed E-state index contributed by atoms with van der Waals surface area (Å²) in [4.78, 5) is 35.6. The van der Waals surface area contributed by atoms with Crippen LogP contribution in [0.1, 0.15) is 47.3 Å². The van der Waals surface area contributed by atoms with E-state index >= 15 is 0 Å². The Bertz CT molecular complexity index is 1010. The number of nitrogens with zero attached hydrogens (tertiary/aromatic N) is 3. The molecule has 1 amide bonds. The van der Waals surface area contributed by atoms with Crippen LogP contribution in [-0.2, 0) is 14.0 Å². The minimum Gasteiger partial charge on any atom is -0.411 e. The summed E-state index contributed by atoms with van der Waals surface area (Å²) in [7, 11) is -2.08. The second kappa shape index (κ2) is 8.45. The highest BCUT2D eigenvalue weighted by molar-refractivity contribution is 6.74.